The Morgan fingerprint density at radius 2 is 2.00 bits per heavy atom. The lowest BCUT2D eigenvalue weighted by Gasteiger charge is -2.20. The molecule has 0 aromatic heterocycles. The number of carbonyl (C=O) groups excluding carboxylic acids is 1. The third-order valence-corrected chi connectivity index (χ3v) is 6.65. The van der Waals surface area contributed by atoms with Crippen LogP contribution in [0.1, 0.15) is 12.0 Å². The van der Waals surface area contributed by atoms with Gasteiger partial charge in [0.25, 0.3) is 5.91 Å². The number of halogens is 1. The van der Waals surface area contributed by atoms with E-state index in [-0.39, 0.29) is 29.3 Å². The van der Waals surface area contributed by atoms with E-state index in [1.807, 2.05) is 0 Å². The van der Waals surface area contributed by atoms with Crippen LogP contribution in [0.25, 0.3) is 6.08 Å². The topological polar surface area (TPSA) is 54.5 Å². The molecule has 0 unspecified atom stereocenters. The van der Waals surface area contributed by atoms with Gasteiger partial charge in [-0.05, 0) is 30.2 Å². The van der Waals surface area contributed by atoms with Crippen molar-refractivity contribution >= 4 is 50.1 Å². The van der Waals surface area contributed by atoms with Crippen LogP contribution in [0.15, 0.2) is 29.2 Å². The van der Waals surface area contributed by atoms with Crippen molar-refractivity contribution in [3.05, 3.63) is 40.6 Å². The van der Waals surface area contributed by atoms with Crippen molar-refractivity contribution in [1.82, 2.24) is 4.90 Å². The quantitative estimate of drug-likeness (QED) is 0.600. The zero-order valence-corrected chi connectivity index (χ0v) is 13.8. The summed E-state index contributed by atoms with van der Waals surface area (Å²) in [4.78, 5) is 14.3. The molecule has 2 saturated heterocycles. The van der Waals surface area contributed by atoms with Gasteiger partial charge in [0.2, 0.25) is 0 Å². The van der Waals surface area contributed by atoms with E-state index < -0.39 is 9.84 Å². The highest BCUT2D eigenvalue weighted by Crippen LogP contribution is 2.36. The van der Waals surface area contributed by atoms with E-state index in [0.29, 0.717) is 21.2 Å². The van der Waals surface area contributed by atoms with E-state index in [9.17, 15) is 17.6 Å². The Balaban J connectivity index is 1.84. The number of hydrogen-bond donors (Lipinski definition) is 0. The highest BCUT2D eigenvalue weighted by Gasteiger charge is 2.41. The summed E-state index contributed by atoms with van der Waals surface area (Å²) in [7, 11) is -3.08. The third-order valence-electron chi connectivity index (χ3n) is 3.56. The molecule has 22 heavy (non-hydrogen) atoms. The molecule has 0 spiro atoms. The van der Waals surface area contributed by atoms with Crippen LogP contribution in [0.5, 0.6) is 0 Å². The molecule has 1 atom stereocenters. The lowest BCUT2D eigenvalue weighted by Crippen LogP contribution is -2.39. The summed E-state index contributed by atoms with van der Waals surface area (Å²) < 4.78 is 36.4. The van der Waals surface area contributed by atoms with E-state index in [2.05, 4.69) is 0 Å². The molecular weight excluding hydrogens is 345 g/mol. The average Bonchev–Trinajstić information content (AvgIpc) is 2.93. The smallest absolute Gasteiger partial charge is 0.266 e. The second-order valence-corrected chi connectivity index (χ2v) is 9.06. The summed E-state index contributed by atoms with van der Waals surface area (Å²) in [5.41, 5.74) is 0.695. The normalized spacial score (nSPS) is 26.1. The minimum Gasteiger partial charge on any atom is -0.289 e. The Morgan fingerprint density at radius 1 is 1.32 bits per heavy atom. The maximum absolute atomic E-state index is 12.9. The Hall–Kier alpha value is -1.25. The summed E-state index contributed by atoms with van der Waals surface area (Å²) in [6.45, 7) is 0. The van der Waals surface area contributed by atoms with E-state index in [1.165, 1.54) is 17.0 Å². The first-order chi connectivity index (χ1) is 10.4. The molecule has 0 N–H and O–H groups in total. The first kappa shape index (κ1) is 15.6. The van der Waals surface area contributed by atoms with Gasteiger partial charge in [0.05, 0.1) is 22.5 Å². The van der Waals surface area contributed by atoms with Crippen LogP contribution < -0.4 is 0 Å². The van der Waals surface area contributed by atoms with Gasteiger partial charge in [-0.1, -0.05) is 36.1 Å². The molecule has 116 valence electrons. The van der Waals surface area contributed by atoms with E-state index in [4.69, 9.17) is 12.2 Å². The standard InChI is InChI=1S/C14H12FNO3S3/c15-10-3-1-9(2-4-10)7-12-13(17)16(14(20)21-12)11-5-6-22(18,19)8-11/h1-4,7,11H,5-6,8H2/b12-7-/t11-/m1/s1. The highest BCUT2D eigenvalue weighted by atomic mass is 32.2. The lowest BCUT2D eigenvalue weighted by atomic mass is 10.2. The number of rotatable bonds is 2. The zero-order valence-electron chi connectivity index (χ0n) is 11.4. The second kappa shape index (κ2) is 5.75. The van der Waals surface area contributed by atoms with Crippen LogP contribution >= 0.6 is 24.0 Å². The minimum atomic E-state index is -3.08. The maximum Gasteiger partial charge on any atom is 0.266 e. The SMILES string of the molecule is O=C1/C(=C/c2ccc(F)cc2)SC(=S)N1[C@@H]1CCS(=O)(=O)C1. The third kappa shape index (κ3) is 3.09. The van der Waals surface area contributed by atoms with Crippen molar-refractivity contribution < 1.29 is 17.6 Å². The largest absolute Gasteiger partial charge is 0.289 e. The van der Waals surface area contributed by atoms with Gasteiger partial charge in [-0.3, -0.25) is 9.69 Å². The average molecular weight is 357 g/mol. The maximum atomic E-state index is 12.9. The van der Waals surface area contributed by atoms with E-state index in [1.54, 1.807) is 18.2 Å². The molecule has 2 heterocycles. The Kier molecular flexibility index (Phi) is 4.09. The summed E-state index contributed by atoms with van der Waals surface area (Å²) in [5, 5.41) is 0. The number of thioether (sulfide) groups is 1. The molecular formula is C14H12FNO3S3. The number of amides is 1. The molecule has 2 aliphatic heterocycles. The summed E-state index contributed by atoms with van der Waals surface area (Å²) in [5.74, 6) is -0.572. The van der Waals surface area contributed by atoms with Crippen molar-refractivity contribution in [3.8, 4) is 0 Å². The predicted molar refractivity (Wildman–Crippen MR) is 88.5 cm³/mol. The minimum absolute atomic E-state index is 0.0384. The van der Waals surface area contributed by atoms with Crippen molar-refractivity contribution in [3.63, 3.8) is 0 Å². The highest BCUT2D eigenvalue weighted by molar-refractivity contribution is 8.26. The predicted octanol–water partition coefficient (Wildman–Crippen LogP) is 2.21. The zero-order chi connectivity index (χ0) is 15.9. The number of hydrogen-bond acceptors (Lipinski definition) is 5. The first-order valence-electron chi connectivity index (χ1n) is 6.59. The molecule has 0 saturated carbocycles. The van der Waals surface area contributed by atoms with Gasteiger partial charge in [-0.25, -0.2) is 12.8 Å². The van der Waals surface area contributed by atoms with Gasteiger partial charge in [-0.15, -0.1) is 0 Å². The van der Waals surface area contributed by atoms with Gasteiger partial charge in [-0.2, -0.15) is 0 Å². The molecule has 2 fully saturated rings. The number of nitrogens with zero attached hydrogens (tertiary/aromatic N) is 1. The second-order valence-electron chi connectivity index (χ2n) is 5.16. The molecule has 0 aliphatic carbocycles. The Labute approximate surface area is 137 Å². The van der Waals surface area contributed by atoms with Gasteiger partial charge in [0.1, 0.15) is 10.1 Å². The molecule has 8 heteroatoms. The van der Waals surface area contributed by atoms with Crippen LogP contribution in [0, 0.1) is 5.82 Å². The van der Waals surface area contributed by atoms with E-state index >= 15 is 0 Å². The van der Waals surface area contributed by atoms with Crippen molar-refractivity contribution in [1.29, 1.82) is 0 Å². The summed E-state index contributed by atoms with van der Waals surface area (Å²) >= 11 is 6.36. The van der Waals surface area contributed by atoms with Crippen molar-refractivity contribution in [2.24, 2.45) is 0 Å². The van der Waals surface area contributed by atoms with Crippen molar-refractivity contribution in [2.45, 2.75) is 12.5 Å². The summed E-state index contributed by atoms with van der Waals surface area (Å²) in [6, 6.07) is 5.40. The first-order valence-corrected chi connectivity index (χ1v) is 9.63. The summed E-state index contributed by atoms with van der Waals surface area (Å²) in [6.07, 6.45) is 2.06. The molecule has 3 rings (SSSR count). The molecule has 1 aromatic carbocycles. The Bertz CT molecular complexity index is 771. The molecule has 0 bridgehead atoms. The fraction of sp³-hybridized carbons (Fsp3) is 0.286. The fourth-order valence-electron chi connectivity index (χ4n) is 2.48. The molecule has 1 aromatic rings. The van der Waals surface area contributed by atoms with Crippen LogP contribution in [0.3, 0.4) is 0 Å². The number of benzene rings is 1. The van der Waals surface area contributed by atoms with Crippen LogP contribution in [-0.2, 0) is 14.6 Å². The monoisotopic (exact) mass is 357 g/mol. The number of thiocarbonyl (C=S) groups is 1. The molecule has 2 aliphatic rings. The molecule has 0 radical (unpaired) electrons. The van der Waals surface area contributed by atoms with E-state index in [0.717, 1.165) is 11.8 Å². The van der Waals surface area contributed by atoms with Gasteiger partial charge in [0.15, 0.2) is 9.84 Å². The van der Waals surface area contributed by atoms with Crippen LogP contribution in [0.4, 0.5) is 4.39 Å². The molecule has 1 amide bonds. The lowest BCUT2D eigenvalue weighted by molar-refractivity contribution is -0.123. The Morgan fingerprint density at radius 3 is 2.59 bits per heavy atom. The van der Waals surface area contributed by atoms with Crippen LogP contribution in [-0.4, -0.2) is 41.1 Å². The van der Waals surface area contributed by atoms with Gasteiger partial charge in [0, 0.05) is 0 Å². The fourth-order valence-corrected chi connectivity index (χ4v) is 5.58. The molecule has 4 nitrogen and oxygen atoms in total. The van der Waals surface area contributed by atoms with Gasteiger partial charge < -0.3 is 0 Å². The van der Waals surface area contributed by atoms with Crippen molar-refractivity contribution in [2.75, 3.05) is 11.5 Å². The number of sulfone groups is 1. The van der Waals surface area contributed by atoms with Crippen LogP contribution in [0.2, 0.25) is 0 Å². The van der Waals surface area contributed by atoms with Gasteiger partial charge >= 0.3 is 0 Å². The number of carbonyl (C=O) groups is 1.